The van der Waals surface area contributed by atoms with Crippen molar-refractivity contribution in [3.8, 4) is 11.5 Å². The Balaban J connectivity index is 0.00000320. The fourth-order valence-corrected chi connectivity index (χ4v) is 3.97. The summed E-state index contributed by atoms with van der Waals surface area (Å²) in [6.07, 6.45) is 0. The number of likely N-dealkylation sites (N-methyl/N-ethyl adjacent to an activating group) is 1. The first kappa shape index (κ1) is 23.9. The van der Waals surface area contributed by atoms with Crippen molar-refractivity contribution < 1.29 is 14.3 Å². The summed E-state index contributed by atoms with van der Waals surface area (Å²) < 4.78 is 12.0. The maximum atomic E-state index is 13.0. The molecule has 0 saturated carbocycles. The van der Waals surface area contributed by atoms with Crippen LogP contribution in [-0.2, 0) is 4.79 Å². The predicted octanol–water partition coefficient (Wildman–Crippen LogP) is 4.48. The second-order valence-corrected chi connectivity index (χ2v) is 7.51. The van der Waals surface area contributed by atoms with Gasteiger partial charge in [0.25, 0.3) is 5.91 Å². The van der Waals surface area contributed by atoms with Crippen LogP contribution < -0.4 is 14.4 Å². The molecule has 3 rings (SSSR count). The Bertz CT molecular complexity index is 932. The number of aromatic nitrogens is 1. The number of ether oxygens (including phenoxy) is 2. The van der Waals surface area contributed by atoms with Crippen LogP contribution in [0.3, 0.4) is 0 Å². The molecule has 162 valence electrons. The normalized spacial score (nSPS) is 10.7. The van der Waals surface area contributed by atoms with Crippen molar-refractivity contribution in [2.45, 2.75) is 13.8 Å². The Morgan fingerprint density at radius 3 is 2.43 bits per heavy atom. The first-order chi connectivity index (χ1) is 14.1. The molecule has 1 heterocycles. The van der Waals surface area contributed by atoms with E-state index in [9.17, 15) is 4.79 Å². The molecule has 0 bridgehead atoms. The SMILES string of the molecule is CCN(CC)CCN(C(=O)COc1ccccc1)c1nc2cc(OC)ccc2s1.Cl. The second kappa shape index (κ2) is 11.7. The molecule has 0 N–H and O–H groups in total. The number of rotatable bonds is 10. The lowest BCUT2D eigenvalue weighted by molar-refractivity contribution is -0.120. The largest absolute Gasteiger partial charge is 0.497 e. The van der Waals surface area contributed by atoms with Crippen LogP contribution in [0.1, 0.15) is 13.8 Å². The molecule has 0 aliphatic rings. The highest BCUT2D eigenvalue weighted by atomic mass is 35.5. The van der Waals surface area contributed by atoms with Crippen molar-refractivity contribution in [3.05, 3.63) is 48.5 Å². The molecule has 0 radical (unpaired) electrons. The number of nitrogens with zero attached hydrogens (tertiary/aromatic N) is 3. The van der Waals surface area contributed by atoms with Crippen molar-refractivity contribution in [1.29, 1.82) is 0 Å². The van der Waals surface area contributed by atoms with E-state index in [1.54, 1.807) is 12.0 Å². The van der Waals surface area contributed by atoms with Crippen molar-refractivity contribution in [2.75, 3.05) is 44.8 Å². The molecule has 30 heavy (non-hydrogen) atoms. The fourth-order valence-electron chi connectivity index (χ4n) is 2.99. The highest BCUT2D eigenvalue weighted by Crippen LogP contribution is 2.31. The molecule has 6 nitrogen and oxygen atoms in total. The van der Waals surface area contributed by atoms with E-state index in [1.165, 1.54) is 11.3 Å². The van der Waals surface area contributed by atoms with Crippen molar-refractivity contribution >= 4 is 45.0 Å². The summed E-state index contributed by atoms with van der Waals surface area (Å²) in [5, 5.41) is 0.682. The number of carbonyl (C=O) groups excluding carboxylic acids is 1. The van der Waals surface area contributed by atoms with Gasteiger partial charge in [0.2, 0.25) is 0 Å². The maximum Gasteiger partial charge on any atom is 0.266 e. The zero-order valence-corrected chi connectivity index (χ0v) is 19.2. The lowest BCUT2D eigenvalue weighted by Crippen LogP contribution is -2.41. The van der Waals surface area contributed by atoms with Gasteiger partial charge in [-0.05, 0) is 37.4 Å². The number of halogens is 1. The lowest BCUT2D eigenvalue weighted by Gasteiger charge is -2.24. The highest BCUT2D eigenvalue weighted by Gasteiger charge is 2.21. The van der Waals surface area contributed by atoms with Crippen molar-refractivity contribution in [2.24, 2.45) is 0 Å². The van der Waals surface area contributed by atoms with Gasteiger partial charge in [-0.15, -0.1) is 12.4 Å². The van der Waals surface area contributed by atoms with Crippen LogP contribution in [0.15, 0.2) is 48.5 Å². The summed E-state index contributed by atoms with van der Waals surface area (Å²) in [4.78, 5) is 21.7. The molecule has 0 aliphatic heterocycles. The molecule has 0 atom stereocenters. The Morgan fingerprint density at radius 1 is 1.03 bits per heavy atom. The minimum Gasteiger partial charge on any atom is -0.497 e. The van der Waals surface area contributed by atoms with E-state index in [2.05, 4.69) is 18.7 Å². The monoisotopic (exact) mass is 449 g/mol. The minimum atomic E-state index is -0.105. The number of para-hydroxylation sites is 1. The van der Waals surface area contributed by atoms with Gasteiger partial charge >= 0.3 is 0 Å². The molecular formula is C22H28ClN3O3S. The van der Waals surface area contributed by atoms with Crippen molar-refractivity contribution in [3.63, 3.8) is 0 Å². The number of carbonyl (C=O) groups is 1. The van der Waals surface area contributed by atoms with E-state index in [-0.39, 0.29) is 24.9 Å². The fraction of sp³-hybridized carbons (Fsp3) is 0.364. The van der Waals surface area contributed by atoms with Crippen LogP contribution in [0.2, 0.25) is 0 Å². The van der Waals surface area contributed by atoms with Gasteiger partial charge in [0.05, 0.1) is 17.3 Å². The van der Waals surface area contributed by atoms with E-state index in [1.807, 2.05) is 48.5 Å². The molecule has 1 amide bonds. The van der Waals surface area contributed by atoms with Crippen LogP contribution in [-0.4, -0.2) is 55.7 Å². The number of benzene rings is 2. The van der Waals surface area contributed by atoms with Crippen LogP contribution in [0.5, 0.6) is 11.5 Å². The standard InChI is InChI=1S/C22H27N3O3S.ClH/c1-4-24(5-2)13-14-25(21(26)16-28-17-9-7-6-8-10-17)22-23-19-15-18(27-3)11-12-20(19)29-22;/h6-12,15H,4-5,13-14,16H2,1-3H3;1H. The average molecular weight is 450 g/mol. The molecule has 0 fully saturated rings. The summed E-state index contributed by atoms with van der Waals surface area (Å²) in [5.41, 5.74) is 0.828. The highest BCUT2D eigenvalue weighted by molar-refractivity contribution is 7.22. The Morgan fingerprint density at radius 2 is 1.77 bits per heavy atom. The molecule has 2 aromatic carbocycles. The van der Waals surface area contributed by atoms with Crippen LogP contribution in [0.4, 0.5) is 5.13 Å². The van der Waals surface area contributed by atoms with Crippen molar-refractivity contribution in [1.82, 2.24) is 9.88 Å². The van der Waals surface area contributed by atoms with E-state index >= 15 is 0 Å². The number of amides is 1. The van der Waals surface area contributed by atoms with Gasteiger partial charge in [0.1, 0.15) is 11.5 Å². The number of anilines is 1. The summed E-state index contributed by atoms with van der Waals surface area (Å²) in [6, 6.07) is 15.2. The summed E-state index contributed by atoms with van der Waals surface area (Å²) in [6.45, 7) is 7.45. The number of thiazole rings is 1. The Hall–Kier alpha value is -2.35. The smallest absolute Gasteiger partial charge is 0.266 e. The zero-order valence-electron chi connectivity index (χ0n) is 17.5. The van der Waals surface area contributed by atoms with Gasteiger partial charge in [-0.3, -0.25) is 9.69 Å². The summed E-state index contributed by atoms with van der Waals surface area (Å²) >= 11 is 1.51. The number of hydrogen-bond acceptors (Lipinski definition) is 6. The van der Waals surface area contributed by atoms with Gasteiger partial charge in [-0.1, -0.05) is 43.4 Å². The Kier molecular flexibility index (Phi) is 9.36. The first-order valence-corrected chi connectivity index (χ1v) is 10.6. The summed E-state index contributed by atoms with van der Waals surface area (Å²) in [5.74, 6) is 1.33. The second-order valence-electron chi connectivity index (χ2n) is 6.50. The minimum absolute atomic E-state index is 0. The molecular weight excluding hydrogens is 422 g/mol. The van der Waals surface area contributed by atoms with E-state index < -0.39 is 0 Å². The van der Waals surface area contributed by atoms with Gasteiger partial charge < -0.3 is 14.4 Å². The topological polar surface area (TPSA) is 54.9 Å². The molecule has 0 unspecified atom stereocenters. The Labute approximate surface area is 187 Å². The van der Waals surface area contributed by atoms with Crippen LogP contribution in [0.25, 0.3) is 10.2 Å². The molecule has 0 spiro atoms. The molecule has 8 heteroatoms. The molecule has 0 aliphatic carbocycles. The quantitative estimate of drug-likeness (QED) is 0.456. The predicted molar refractivity (Wildman–Crippen MR) is 125 cm³/mol. The zero-order chi connectivity index (χ0) is 20.6. The van der Waals surface area contributed by atoms with Gasteiger partial charge in [-0.25, -0.2) is 4.98 Å². The average Bonchev–Trinajstić information content (AvgIpc) is 3.18. The third-order valence-corrected chi connectivity index (χ3v) is 5.81. The number of fused-ring (bicyclic) bond motifs is 1. The third kappa shape index (κ3) is 6.08. The van der Waals surface area contributed by atoms with E-state index in [0.29, 0.717) is 17.4 Å². The summed E-state index contributed by atoms with van der Waals surface area (Å²) in [7, 11) is 1.63. The van der Waals surface area contributed by atoms with Gasteiger partial charge in [0, 0.05) is 19.2 Å². The lowest BCUT2D eigenvalue weighted by atomic mass is 10.3. The number of hydrogen-bond donors (Lipinski definition) is 0. The maximum absolute atomic E-state index is 13.0. The van der Waals surface area contributed by atoms with E-state index in [4.69, 9.17) is 14.5 Å². The third-order valence-electron chi connectivity index (χ3n) is 4.76. The van der Waals surface area contributed by atoms with Crippen LogP contribution in [0, 0.1) is 0 Å². The van der Waals surface area contributed by atoms with Gasteiger partial charge in [0.15, 0.2) is 11.7 Å². The van der Waals surface area contributed by atoms with E-state index in [0.717, 1.165) is 35.6 Å². The number of methoxy groups -OCH3 is 1. The molecule has 0 saturated heterocycles. The van der Waals surface area contributed by atoms with Crippen LogP contribution >= 0.6 is 23.7 Å². The molecule has 3 aromatic rings. The first-order valence-electron chi connectivity index (χ1n) is 9.79. The molecule has 1 aromatic heterocycles. The van der Waals surface area contributed by atoms with Gasteiger partial charge in [-0.2, -0.15) is 0 Å².